The highest BCUT2D eigenvalue weighted by atomic mass is 15.3. The van der Waals surface area contributed by atoms with Gasteiger partial charge in [0.1, 0.15) is 6.07 Å². The van der Waals surface area contributed by atoms with Gasteiger partial charge in [-0.1, -0.05) is 13.8 Å². The van der Waals surface area contributed by atoms with Crippen LogP contribution in [-0.2, 0) is 0 Å². The summed E-state index contributed by atoms with van der Waals surface area (Å²) in [6.45, 7) is 4.17. The average molecular weight is 186 g/mol. The van der Waals surface area contributed by atoms with E-state index in [1.807, 2.05) is 6.07 Å². The quantitative estimate of drug-likeness (QED) is 0.681. The molecule has 0 atom stereocenters. The molecule has 2 aromatic heterocycles. The number of fused-ring (bicyclic) bond motifs is 1. The molecule has 0 aromatic carbocycles. The molecule has 0 unspecified atom stereocenters. The van der Waals surface area contributed by atoms with E-state index < -0.39 is 0 Å². The minimum atomic E-state index is 0.380. The molecule has 14 heavy (non-hydrogen) atoms. The molecule has 0 fully saturated rings. The van der Waals surface area contributed by atoms with Gasteiger partial charge in [0.25, 0.3) is 0 Å². The normalized spacial score (nSPS) is 10.7. The molecule has 0 aliphatic heterocycles. The summed E-state index contributed by atoms with van der Waals surface area (Å²) in [7, 11) is 0. The van der Waals surface area contributed by atoms with E-state index >= 15 is 0 Å². The molecule has 4 nitrogen and oxygen atoms in total. The maximum atomic E-state index is 8.69. The van der Waals surface area contributed by atoms with Crippen molar-refractivity contribution >= 4 is 5.65 Å². The van der Waals surface area contributed by atoms with E-state index in [9.17, 15) is 0 Å². The fourth-order valence-electron chi connectivity index (χ4n) is 1.35. The van der Waals surface area contributed by atoms with Gasteiger partial charge in [0, 0.05) is 6.07 Å². The minimum absolute atomic E-state index is 0.380. The Kier molecular flexibility index (Phi) is 1.93. The van der Waals surface area contributed by atoms with Gasteiger partial charge in [0.2, 0.25) is 0 Å². The number of imidazole rings is 1. The Bertz CT molecular complexity index is 504. The molecule has 2 heterocycles. The lowest BCUT2D eigenvalue weighted by atomic mass is 10.2. The lowest BCUT2D eigenvalue weighted by Crippen LogP contribution is -1.99. The molecule has 70 valence electrons. The molecular formula is C10H10N4. The van der Waals surface area contributed by atoms with Crippen molar-refractivity contribution in [1.82, 2.24) is 14.6 Å². The van der Waals surface area contributed by atoms with E-state index in [4.69, 9.17) is 5.26 Å². The zero-order chi connectivity index (χ0) is 10.1. The van der Waals surface area contributed by atoms with Gasteiger partial charge in [-0.05, 0) is 5.92 Å². The van der Waals surface area contributed by atoms with Gasteiger partial charge in [0.05, 0.1) is 23.7 Å². The smallest absolute Gasteiger partial charge is 0.155 e. The molecule has 2 rings (SSSR count). The standard InChI is InChI=1S/C10H10N4/c1-7(2)9-6-12-10-3-8(4-11)5-13-14(9)10/h3,5-7H,1-2H3. The summed E-state index contributed by atoms with van der Waals surface area (Å²) in [5.41, 5.74) is 2.33. The summed E-state index contributed by atoms with van der Waals surface area (Å²) in [4.78, 5) is 4.20. The van der Waals surface area contributed by atoms with Crippen LogP contribution in [0, 0.1) is 11.3 Å². The molecular weight excluding hydrogens is 176 g/mol. The average Bonchev–Trinajstić information content (AvgIpc) is 2.59. The Morgan fingerprint density at radius 2 is 2.21 bits per heavy atom. The van der Waals surface area contributed by atoms with Gasteiger partial charge in [-0.2, -0.15) is 10.4 Å². The zero-order valence-corrected chi connectivity index (χ0v) is 8.10. The zero-order valence-electron chi connectivity index (χ0n) is 8.10. The van der Waals surface area contributed by atoms with Crippen LogP contribution in [0.2, 0.25) is 0 Å². The first-order valence-corrected chi connectivity index (χ1v) is 4.46. The molecule has 0 saturated carbocycles. The van der Waals surface area contributed by atoms with Crippen molar-refractivity contribution in [3.8, 4) is 6.07 Å². The maximum Gasteiger partial charge on any atom is 0.155 e. The van der Waals surface area contributed by atoms with Gasteiger partial charge in [-0.15, -0.1) is 0 Å². The minimum Gasteiger partial charge on any atom is -0.235 e. The largest absolute Gasteiger partial charge is 0.235 e. The summed E-state index contributed by atoms with van der Waals surface area (Å²) >= 11 is 0. The fraction of sp³-hybridized carbons (Fsp3) is 0.300. The van der Waals surface area contributed by atoms with Crippen molar-refractivity contribution in [2.45, 2.75) is 19.8 Å². The molecule has 4 heteroatoms. The first kappa shape index (κ1) is 8.70. The summed E-state index contributed by atoms with van der Waals surface area (Å²) in [5, 5.41) is 12.9. The van der Waals surface area contributed by atoms with Gasteiger partial charge in [-0.3, -0.25) is 0 Å². The van der Waals surface area contributed by atoms with Crippen LogP contribution in [0.15, 0.2) is 18.5 Å². The van der Waals surface area contributed by atoms with Gasteiger partial charge in [0.15, 0.2) is 5.65 Å². The van der Waals surface area contributed by atoms with Crippen molar-refractivity contribution < 1.29 is 0 Å². The van der Waals surface area contributed by atoms with Crippen LogP contribution in [0.1, 0.15) is 31.0 Å². The molecule has 0 aliphatic rings. The second-order valence-corrected chi connectivity index (χ2v) is 3.46. The molecule has 0 amide bonds. The molecule has 0 saturated heterocycles. The van der Waals surface area contributed by atoms with Crippen LogP contribution in [0.3, 0.4) is 0 Å². The van der Waals surface area contributed by atoms with Crippen molar-refractivity contribution in [1.29, 1.82) is 5.26 Å². The van der Waals surface area contributed by atoms with Crippen LogP contribution < -0.4 is 0 Å². The molecule has 0 radical (unpaired) electrons. The first-order chi connectivity index (χ1) is 6.72. The number of nitriles is 1. The Hall–Kier alpha value is -1.89. The van der Waals surface area contributed by atoms with Crippen LogP contribution in [0.5, 0.6) is 0 Å². The summed E-state index contributed by atoms with van der Waals surface area (Å²) in [5.74, 6) is 0.380. The summed E-state index contributed by atoms with van der Waals surface area (Å²) in [6, 6.07) is 3.78. The van der Waals surface area contributed by atoms with E-state index in [2.05, 4.69) is 23.9 Å². The molecule has 0 aliphatic carbocycles. The highest BCUT2D eigenvalue weighted by Crippen LogP contribution is 2.15. The Labute approximate surface area is 81.8 Å². The van der Waals surface area contributed by atoms with Crippen LogP contribution in [0.25, 0.3) is 5.65 Å². The third-order valence-electron chi connectivity index (χ3n) is 2.11. The number of hydrogen-bond donors (Lipinski definition) is 0. The second-order valence-electron chi connectivity index (χ2n) is 3.46. The Balaban J connectivity index is 2.67. The highest BCUT2D eigenvalue weighted by molar-refractivity contribution is 5.45. The van der Waals surface area contributed by atoms with E-state index in [-0.39, 0.29) is 0 Å². The fourth-order valence-corrected chi connectivity index (χ4v) is 1.35. The summed E-state index contributed by atoms with van der Waals surface area (Å²) < 4.78 is 1.77. The SMILES string of the molecule is CC(C)c1cnc2cc(C#N)cnn12. The number of aromatic nitrogens is 3. The number of hydrogen-bond acceptors (Lipinski definition) is 3. The van der Waals surface area contributed by atoms with Crippen molar-refractivity contribution in [2.24, 2.45) is 0 Å². The van der Waals surface area contributed by atoms with Crippen molar-refractivity contribution in [3.05, 3.63) is 29.7 Å². The highest BCUT2D eigenvalue weighted by Gasteiger charge is 2.07. The first-order valence-electron chi connectivity index (χ1n) is 4.46. The van der Waals surface area contributed by atoms with E-state index in [1.165, 1.54) is 0 Å². The van der Waals surface area contributed by atoms with Crippen molar-refractivity contribution in [3.63, 3.8) is 0 Å². The summed E-state index contributed by atoms with van der Waals surface area (Å²) in [6.07, 6.45) is 3.36. The van der Waals surface area contributed by atoms with Crippen LogP contribution in [0.4, 0.5) is 0 Å². The van der Waals surface area contributed by atoms with Crippen LogP contribution >= 0.6 is 0 Å². The van der Waals surface area contributed by atoms with E-state index in [1.54, 1.807) is 23.0 Å². The van der Waals surface area contributed by atoms with Gasteiger partial charge >= 0.3 is 0 Å². The third-order valence-corrected chi connectivity index (χ3v) is 2.11. The number of nitrogens with zero attached hydrogens (tertiary/aromatic N) is 4. The van der Waals surface area contributed by atoms with E-state index in [0.717, 1.165) is 11.3 Å². The second kappa shape index (κ2) is 3.11. The molecule has 2 aromatic rings. The predicted molar refractivity (Wildman–Crippen MR) is 51.8 cm³/mol. The van der Waals surface area contributed by atoms with Crippen LogP contribution in [-0.4, -0.2) is 14.6 Å². The van der Waals surface area contributed by atoms with Gasteiger partial charge in [-0.25, -0.2) is 9.50 Å². The van der Waals surface area contributed by atoms with E-state index in [0.29, 0.717) is 11.5 Å². The third kappa shape index (κ3) is 1.23. The lowest BCUT2D eigenvalue weighted by molar-refractivity contribution is 0.758. The molecule has 0 N–H and O–H groups in total. The monoisotopic (exact) mass is 186 g/mol. The lowest BCUT2D eigenvalue weighted by Gasteiger charge is -2.02. The predicted octanol–water partition coefficient (Wildman–Crippen LogP) is 1.72. The Morgan fingerprint density at radius 1 is 1.43 bits per heavy atom. The molecule has 0 spiro atoms. The topological polar surface area (TPSA) is 54.0 Å². The van der Waals surface area contributed by atoms with Crippen molar-refractivity contribution in [2.75, 3.05) is 0 Å². The maximum absolute atomic E-state index is 8.69. The number of rotatable bonds is 1. The van der Waals surface area contributed by atoms with Gasteiger partial charge < -0.3 is 0 Å². The Morgan fingerprint density at radius 3 is 2.86 bits per heavy atom. The molecule has 0 bridgehead atoms.